The molecule has 1 aliphatic rings. The van der Waals surface area contributed by atoms with Crippen LogP contribution in [0.25, 0.3) is 5.69 Å². The van der Waals surface area contributed by atoms with Crippen LogP contribution in [0, 0.1) is 13.8 Å². The fourth-order valence-corrected chi connectivity index (χ4v) is 3.24. The first-order chi connectivity index (χ1) is 11.6. The third-order valence-electron chi connectivity index (χ3n) is 4.58. The minimum atomic E-state index is -0.460. The van der Waals surface area contributed by atoms with Gasteiger partial charge in [-0.05, 0) is 38.8 Å². The minimum absolute atomic E-state index is 0.177. The summed E-state index contributed by atoms with van der Waals surface area (Å²) in [5.41, 5.74) is 3.30. The Morgan fingerprint density at radius 1 is 1.21 bits per heavy atom. The number of nitrogens with zero attached hydrogens (tertiary/aromatic N) is 2. The molecule has 1 aromatic heterocycles. The molecule has 3 rings (SSSR count). The maximum Gasteiger partial charge on any atom is 0.319 e. The maximum absolute atomic E-state index is 12.3. The number of carbonyl (C=O) groups excluding carboxylic acids is 1. The molecule has 3 N–H and O–H groups in total. The smallest absolute Gasteiger partial charge is 0.319 e. The van der Waals surface area contributed by atoms with Gasteiger partial charge in [-0.25, -0.2) is 9.48 Å². The topological polar surface area (TPSA) is 79.2 Å². The summed E-state index contributed by atoms with van der Waals surface area (Å²) < 4.78 is 1.82. The van der Waals surface area contributed by atoms with Crippen molar-refractivity contribution in [3.05, 3.63) is 41.7 Å². The van der Waals surface area contributed by atoms with Crippen molar-refractivity contribution in [2.24, 2.45) is 0 Å². The Hall–Kier alpha value is -2.34. The predicted molar refractivity (Wildman–Crippen MR) is 93.5 cm³/mol. The number of urea groups is 1. The van der Waals surface area contributed by atoms with Crippen LogP contribution in [0.3, 0.4) is 0 Å². The van der Waals surface area contributed by atoms with Gasteiger partial charge in [0.2, 0.25) is 0 Å². The average molecular weight is 328 g/mol. The number of aryl methyl sites for hydroxylation is 1. The van der Waals surface area contributed by atoms with Gasteiger partial charge in [-0.3, -0.25) is 0 Å². The van der Waals surface area contributed by atoms with Crippen LogP contribution in [0.4, 0.5) is 10.5 Å². The molecule has 1 aromatic carbocycles. The van der Waals surface area contributed by atoms with Gasteiger partial charge in [0.15, 0.2) is 0 Å². The van der Waals surface area contributed by atoms with E-state index in [2.05, 4.69) is 15.7 Å². The van der Waals surface area contributed by atoms with Crippen molar-refractivity contribution in [2.45, 2.75) is 51.7 Å². The number of hydrogen-bond acceptors (Lipinski definition) is 3. The van der Waals surface area contributed by atoms with Crippen molar-refractivity contribution in [2.75, 3.05) is 5.32 Å². The molecule has 6 nitrogen and oxygen atoms in total. The number of carbonyl (C=O) groups is 1. The highest BCUT2D eigenvalue weighted by Gasteiger charge is 2.25. The number of aliphatic hydroxyl groups is 1. The number of aromatic nitrogens is 2. The van der Waals surface area contributed by atoms with E-state index in [0.717, 1.165) is 42.8 Å². The van der Waals surface area contributed by atoms with Gasteiger partial charge >= 0.3 is 6.03 Å². The van der Waals surface area contributed by atoms with E-state index >= 15 is 0 Å². The van der Waals surface area contributed by atoms with Gasteiger partial charge < -0.3 is 15.7 Å². The summed E-state index contributed by atoms with van der Waals surface area (Å²) in [5.74, 6) is 0. The lowest BCUT2D eigenvalue weighted by atomic mass is 9.93. The second-order valence-corrected chi connectivity index (χ2v) is 6.35. The molecule has 2 unspecified atom stereocenters. The lowest BCUT2D eigenvalue weighted by molar-refractivity contribution is 0.0955. The first kappa shape index (κ1) is 16.5. The van der Waals surface area contributed by atoms with Crippen molar-refractivity contribution >= 4 is 11.7 Å². The van der Waals surface area contributed by atoms with Gasteiger partial charge in [0, 0.05) is 0 Å². The Morgan fingerprint density at radius 2 is 1.92 bits per heavy atom. The zero-order valence-corrected chi connectivity index (χ0v) is 14.1. The molecule has 2 aromatic rings. The van der Waals surface area contributed by atoms with E-state index in [1.165, 1.54) is 0 Å². The third kappa shape index (κ3) is 3.43. The van der Waals surface area contributed by atoms with Crippen molar-refractivity contribution in [3.63, 3.8) is 0 Å². The molecule has 1 heterocycles. The van der Waals surface area contributed by atoms with Crippen LogP contribution in [-0.4, -0.2) is 33.1 Å². The zero-order chi connectivity index (χ0) is 17.1. The molecule has 1 fully saturated rings. The normalized spacial score (nSPS) is 20.6. The van der Waals surface area contributed by atoms with Crippen LogP contribution in [-0.2, 0) is 0 Å². The second-order valence-electron chi connectivity index (χ2n) is 6.35. The lowest BCUT2D eigenvalue weighted by Crippen LogP contribution is -2.46. The van der Waals surface area contributed by atoms with Gasteiger partial charge in [0.05, 0.1) is 34.9 Å². The molecule has 2 amide bonds. The van der Waals surface area contributed by atoms with Gasteiger partial charge in [-0.1, -0.05) is 31.0 Å². The summed E-state index contributed by atoms with van der Waals surface area (Å²) in [5, 5.41) is 20.3. The first-order valence-corrected chi connectivity index (χ1v) is 8.43. The van der Waals surface area contributed by atoms with Gasteiger partial charge in [-0.2, -0.15) is 5.10 Å². The summed E-state index contributed by atoms with van der Waals surface area (Å²) in [6.07, 6.45) is 3.15. The molecule has 0 radical (unpaired) electrons. The Labute approximate surface area is 141 Å². The number of nitrogens with one attached hydrogen (secondary N) is 2. The number of hydrogen-bond donors (Lipinski definition) is 3. The molecule has 0 saturated heterocycles. The lowest BCUT2D eigenvalue weighted by Gasteiger charge is -2.28. The second kappa shape index (κ2) is 7.05. The van der Waals surface area contributed by atoms with E-state index in [4.69, 9.17) is 0 Å². The number of benzene rings is 1. The van der Waals surface area contributed by atoms with E-state index in [-0.39, 0.29) is 12.1 Å². The highest BCUT2D eigenvalue weighted by atomic mass is 16.3. The van der Waals surface area contributed by atoms with E-state index in [1.807, 2.05) is 48.9 Å². The minimum Gasteiger partial charge on any atom is -0.391 e. The highest BCUT2D eigenvalue weighted by Crippen LogP contribution is 2.23. The van der Waals surface area contributed by atoms with E-state index in [1.54, 1.807) is 0 Å². The number of anilines is 1. The van der Waals surface area contributed by atoms with E-state index < -0.39 is 6.10 Å². The predicted octanol–water partition coefficient (Wildman–Crippen LogP) is 2.91. The Balaban J connectivity index is 1.73. The van der Waals surface area contributed by atoms with Crippen molar-refractivity contribution < 1.29 is 9.90 Å². The average Bonchev–Trinajstić information content (AvgIpc) is 2.86. The maximum atomic E-state index is 12.3. The van der Waals surface area contributed by atoms with Gasteiger partial charge in [0.1, 0.15) is 0 Å². The molecule has 1 aliphatic carbocycles. The van der Waals surface area contributed by atoms with Gasteiger partial charge in [-0.15, -0.1) is 0 Å². The molecule has 0 bridgehead atoms. The monoisotopic (exact) mass is 328 g/mol. The molecule has 128 valence electrons. The standard InChI is InChI=1S/C18H24N4O2/c1-12-17(13(2)22(21-12)14-8-4-3-5-9-14)20-18(24)19-15-10-6-7-11-16(15)23/h3-5,8-9,15-16,23H,6-7,10-11H2,1-2H3,(H2,19,20,24). The van der Waals surface area contributed by atoms with Crippen molar-refractivity contribution in [1.29, 1.82) is 0 Å². The van der Waals surface area contributed by atoms with Crippen molar-refractivity contribution in [1.82, 2.24) is 15.1 Å². The third-order valence-corrected chi connectivity index (χ3v) is 4.58. The molecule has 1 saturated carbocycles. The van der Waals surface area contributed by atoms with Crippen LogP contribution in [0.2, 0.25) is 0 Å². The summed E-state index contributed by atoms with van der Waals surface area (Å²) in [6.45, 7) is 3.80. The molecular weight excluding hydrogens is 304 g/mol. The van der Waals surface area contributed by atoms with Crippen LogP contribution >= 0.6 is 0 Å². The molecule has 24 heavy (non-hydrogen) atoms. The summed E-state index contributed by atoms with van der Waals surface area (Å²) in [4.78, 5) is 12.3. The van der Waals surface area contributed by atoms with Crippen LogP contribution in [0.1, 0.15) is 37.1 Å². The number of aliphatic hydroxyl groups excluding tert-OH is 1. The molecular formula is C18H24N4O2. The SMILES string of the molecule is Cc1nn(-c2ccccc2)c(C)c1NC(=O)NC1CCCCC1O. The van der Waals surface area contributed by atoms with E-state index in [0.29, 0.717) is 5.69 Å². The van der Waals surface area contributed by atoms with E-state index in [9.17, 15) is 9.90 Å². The van der Waals surface area contributed by atoms with Crippen LogP contribution < -0.4 is 10.6 Å². The van der Waals surface area contributed by atoms with Gasteiger partial charge in [0.25, 0.3) is 0 Å². The largest absolute Gasteiger partial charge is 0.391 e. The Bertz CT molecular complexity index is 711. The van der Waals surface area contributed by atoms with Crippen LogP contribution in [0.15, 0.2) is 30.3 Å². The summed E-state index contributed by atoms with van der Waals surface area (Å²) in [7, 11) is 0. The highest BCUT2D eigenvalue weighted by molar-refractivity contribution is 5.90. The number of rotatable bonds is 3. The first-order valence-electron chi connectivity index (χ1n) is 8.43. The Morgan fingerprint density at radius 3 is 2.62 bits per heavy atom. The quantitative estimate of drug-likeness (QED) is 0.810. The van der Waals surface area contributed by atoms with Crippen molar-refractivity contribution in [3.8, 4) is 5.69 Å². The molecule has 2 atom stereocenters. The fourth-order valence-electron chi connectivity index (χ4n) is 3.24. The molecule has 0 spiro atoms. The zero-order valence-electron chi connectivity index (χ0n) is 14.1. The fraction of sp³-hybridized carbons (Fsp3) is 0.444. The summed E-state index contributed by atoms with van der Waals surface area (Å²) in [6, 6.07) is 9.34. The molecule has 6 heteroatoms. The number of para-hydroxylation sites is 1. The number of amides is 2. The summed E-state index contributed by atoms with van der Waals surface area (Å²) >= 11 is 0. The Kier molecular flexibility index (Phi) is 4.85. The molecule has 0 aliphatic heterocycles. The van der Waals surface area contributed by atoms with Crippen LogP contribution in [0.5, 0.6) is 0 Å².